The Kier molecular flexibility index (Phi) is 4.99. The summed E-state index contributed by atoms with van der Waals surface area (Å²) in [7, 11) is 0. The van der Waals surface area contributed by atoms with E-state index < -0.39 is 5.97 Å². The Balaban J connectivity index is 2.02. The van der Waals surface area contributed by atoms with Gasteiger partial charge in [-0.25, -0.2) is 4.79 Å². The van der Waals surface area contributed by atoms with Crippen LogP contribution in [0.25, 0.3) is 0 Å². The SMILES string of the molecule is CC(C)Cc1ccc(CNc2ccccc2C(=O)O)cc1. The number of benzene rings is 2. The van der Waals surface area contributed by atoms with Gasteiger partial charge < -0.3 is 10.4 Å². The highest BCUT2D eigenvalue weighted by Gasteiger charge is 2.08. The summed E-state index contributed by atoms with van der Waals surface area (Å²) in [6.07, 6.45) is 1.08. The maximum Gasteiger partial charge on any atom is 0.337 e. The molecular weight excluding hydrogens is 262 g/mol. The smallest absolute Gasteiger partial charge is 0.337 e. The molecule has 0 saturated heterocycles. The number of hydrogen-bond acceptors (Lipinski definition) is 2. The van der Waals surface area contributed by atoms with Crippen molar-refractivity contribution in [1.29, 1.82) is 0 Å². The minimum absolute atomic E-state index is 0.300. The molecule has 3 heteroatoms. The summed E-state index contributed by atoms with van der Waals surface area (Å²) in [6.45, 7) is 5.03. The molecule has 0 aliphatic heterocycles. The first-order valence-corrected chi connectivity index (χ1v) is 7.20. The van der Waals surface area contributed by atoms with E-state index in [1.54, 1.807) is 18.2 Å². The van der Waals surface area contributed by atoms with E-state index in [0.717, 1.165) is 12.0 Å². The second-order valence-corrected chi connectivity index (χ2v) is 5.62. The van der Waals surface area contributed by atoms with Gasteiger partial charge in [-0.2, -0.15) is 0 Å². The average molecular weight is 283 g/mol. The monoisotopic (exact) mass is 283 g/mol. The Morgan fingerprint density at radius 3 is 2.29 bits per heavy atom. The van der Waals surface area contributed by atoms with Crippen molar-refractivity contribution in [2.75, 3.05) is 5.32 Å². The van der Waals surface area contributed by atoms with E-state index in [9.17, 15) is 4.79 Å². The molecule has 0 aliphatic rings. The lowest BCUT2D eigenvalue weighted by Gasteiger charge is -2.10. The number of nitrogens with one attached hydrogen (secondary N) is 1. The zero-order valence-corrected chi connectivity index (χ0v) is 12.5. The van der Waals surface area contributed by atoms with Crippen LogP contribution in [0.15, 0.2) is 48.5 Å². The van der Waals surface area contributed by atoms with Crippen LogP contribution in [-0.4, -0.2) is 11.1 Å². The van der Waals surface area contributed by atoms with E-state index in [2.05, 4.69) is 43.4 Å². The number of carbonyl (C=O) groups is 1. The number of carboxylic acids is 1. The molecule has 3 nitrogen and oxygen atoms in total. The van der Waals surface area contributed by atoms with Crippen molar-refractivity contribution in [3.05, 3.63) is 65.2 Å². The average Bonchev–Trinajstić information content (AvgIpc) is 2.46. The third-order valence-electron chi connectivity index (χ3n) is 3.31. The van der Waals surface area contributed by atoms with Crippen LogP contribution in [0.2, 0.25) is 0 Å². The third-order valence-corrected chi connectivity index (χ3v) is 3.31. The Bertz CT molecular complexity index is 603. The molecule has 0 unspecified atom stereocenters. The number of hydrogen-bond donors (Lipinski definition) is 2. The lowest BCUT2D eigenvalue weighted by atomic mass is 10.0. The molecule has 21 heavy (non-hydrogen) atoms. The maximum absolute atomic E-state index is 11.1. The molecule has 0 bridgehead atoms. The lowest BCUT2D eigenvalue weighted by molar-refractivity contribution is 0.0698. The molecular formula is C18H21NO2. The van der Waals surface area contributed by atoms with Crippen LogP contribution < -0.4 is 5.32 Å². The van der Waals surface area contributed by atoms with Crippen LogP contribution in [0.1, 0.15) is 35.3 Å². The lowest BCUT2D eigenvalue weighted by Crippen LogP contribution is -2.06. The van der Waals surface area contributed by atoms with Crippen molar-refractivity contribution >= 4 is 11.7 Å². The van der Waals surface area contributed by atoms with E-state index in [4.69, 9.17) is 5.11 Å². The normalized spacial score (nSPS) is 10.6. The molecule has 0 aliphatic carbocycles. The third kappa shape index (κ3) is 4.35. The van der Waals surface area contributed by atoms with Gasteiger partial charge in [0.05, 0.1) is 5.56 Å². The molecule has 2 aromatic carbocycles. The minimum atomic E-state index is -0.912. The molecule has 0 radical (unpaired) electrons. The maximum atomic E-state index is 11.1. The number of aromatic carboxylic acids is 1. The number of anilines is 1. The molecule has 2 aromatic rings. The van der Waals surface area contributed by atoms with Gasteiger partial charge >= 0.3 is 5.97 Å². The molecule has 2 N–H and O–H groups in total. The van der Waals surface area contributed by atoms with E-state index in [-0.39, 0.29) is 0 Å². The second-order valence-electron chi connectivity index (χ2n) is 5.62. The summed E-state index contributed by atoms with van der Waals surface area (Å²) >= 11 is 0. The highest BCUT2D eigenvalue weighted by molar-refractivity contribution is 5.94. The van der Waals surface area contributed by atoms with E-state index in [0.29, 0.717) is 23.7 Å². The van der Waals surface area contributed by atoms with Crippen LogP contribution in [0, 0.1) is 5.92 Å². The van der Waals surface area contributed by atoms with E-state index in [1.165, 1.54) is 5.56 Å². The summed E-state index contributed by atoms with van der Waals surface area (Å²) in [5.41, 5.74) is 3.42. The van der Waals surface area contributed by atoms with Gasteiger partial charge in [-0.3, -0.25) is 0 Å². The molecule has 0 amide bonds. The van der Waals surface area contributed by atoms with Crippen molar-refractivity contribution in [2.24, 2.45) is 5.92 Å². The molecule has 0 atom stereocenters. The quantitative estimate of drug-likeness (QED) is 0.835. The Morgan fingerprint density at radius 1 is 1.05 bits per heavy atom. The molecule has 0 fully saturated rings. The molecule has 0 spiro atoms. The van der Waals surface area contributed by atoms with Gasteiger partial charge in [0.15, 0.2) is 0 Å². The number of para-hydroxylation sites is 1. The van der Waals surface area contributed by atoms with Gasteiger partial charge in [0.1, 0.15) is 0 Å². The van der Waals surface area contributed by atoms with Crippen LogP contribution in [0.3, 0.4) is 0 Å². The second kappa shape index (κ2) is 6.93. The predicted molar refractivity (Wildman–Crippen MR) is 85.7 cm³/mol. The van der Waals surface area contributed by atoms with E-state index in [1.807, 2.05) is 6.07 Å². The van der Waals surface area contributed by atoms with E-state index >= 15 is 0 Å². The van der Waals surface area contributed by atoms with Crippen molar-refractivity contribution in [1.82, 2.24) is 0 Å². The zero-order valence-electron chi connectivity index (χ0n) is 12.5. The first kappa shape index (κ1) is 15.1. The van der Waals surface area contributed by atoms with Gasteiger partial charge in [0.25, 0.3) is 0 Å². The highest BCUT2D eigenvalue weighted by Crippen LogP contribution is 2.16. The van der Waals surface area contributed by atoms with Crippen LogP contribution in [0.5, 0.6) is 0 Å². The largest absolute Gasteiger partial charge is 0.478 e. The highest BCUT2D eigenvalue weighted by atomic mass is 16.4. The van der Waals surface area contributed by atoms with Crippen LogP contribution in [0.4, 0.5) is 5.69 Å². The van der Waals surface area contributed by atoms with Gasteiger partial charge in [0.2, 0.25) is 0 Å². The van der Waals surface area contributed by atoms with Crippen molar-refractivity contribution < 1.29 is 9.90 Å². The topological polar surface area (TPSA) is 49.3 Å². The summed E-state index contributed by atoms with van der Waals surface area (Å²) in [5, 5.41) is 12.3. The van der Waals surface area contributed by atoms with Crippen LogP contribution in [-0.2, 0) is 13.0 Å². The molecule has 2 rings (SSSR count). The van der Waals surface area contributed by atoms with Crippen molar-refractivity contribution in [2.45, 2.75) is 26.8 Å². The Labute approximate surface area is 125 Å². The first-order chi connectivity index (χ1) is 10.1. The van der Waals surface area contributed by atoms with Gasteiger partial charge in [0, 0.05) is 12.2 Å². The fourth-order valence-corrected chi connectivity index (χ4v) is 2.29. The molecule has 0 heterocycles. The summed E-state index contributed by atoms with van der Waals surface area (Å²) in [5.74, 6) is -0.262. The van der Waals surface area contributed by atoms with Crippen LogP contribution >= 0.6 is 0 Å². The Morgan fingerprint density at radius 2 is 1.67 bits per heavy atom. The fraction of sp³-hybridized carbons (Fsp3) is 0.278. The molecule has 0 aromatic heterocycles. The number of carboxylic acid groups (broad SMARTS) is 1. The number of rotatable bonds is 6. The van der Waals surface area contributed by atoms with Gasteiger partial charge in [-0.15, -0.1) is 0 Å². The zero-order chi connectivity index (χ0) is 15.2. The standard InChI is InChI=1S/C18H21NO2/c1-13(2)11-14-7-9-15(10-8-14)12-19-17-6-4-3-5-16(17)18(20)21/h3-10,13,19H,11-12H2,1-2H3,(H,20,21). The molecule has 110 valence electrons. The van der Waals surface area contributed by atoms with Gasteiger partial charge in [-0.05, 0) is 35.6 Å². The Hall–Kier alpha value is -2.29. The first-order valence-electron chi connectivity index (χ1n) is 7.20. The summed E-state index contributed by atoms with van der Waals surface area (Å²) < 4.78 is 0. The van der Waals surface area contributed by atoms with Crippen molar-refractivity contribution in [3.8, 4) is 0 Å². The minimum Gasteiger partial charge on any atom is -0.478 e. The fourth-order valence-electron chi connectivity index (χ4n) is 2.29. The van der Waals surface area contributed by atoms with Gasteiger partial charge in [-0.1, -0.05) is 50.2 Å². The summed E-state index contributed by atoms with van der Waals surface area (Å²) in [4.78, 5) is 11.1. The molecule has 0 saturated carbocycles. The van der Waals surface area contributed by atoms with Crippen molar-refractivity contribution in [3.63, 3.8) is 0 Å². The summed E-state index contributed by atoms with van der Waals surface area (Å²) in [6, 6.07) is 15.4. The predicted octanol–water partition coefficient (Wildman–Crippen LogP) is 4.20.